The first-order chi connectivity index (χ1) is 10.1. The van der Waals surface area contributed by atoms with Crippen molar-refractivity contribution in [1.82, 2.24) is 20.1 Å². The average Bonchev–Trinajstić information content (AvgIpc) is 2.77. The van der Waals surface area contributed by atoms with E-state index in [0.717, 1.165) is 5.82 Å². The Balaban J connectivity index is 1.79. The van der Waals surface area contributed by atoms with Gasteiger partial charge in [0.05, 0.1) is 5.75 Å². The van der Waals surface area contributed by atoms with E-state index in [2.05, 4.69) is 20.8 Å². The molecule has 0 aliphatic rings. The molecule has 7 nitrogen and oxygen atoms in total. The first-order valence-electron chi connectivity index (χ1n) is 6.21. The zero-order valence-corrected chi connectivity index (χ0v) is 12.5. The summed E-state index contributed by atoms with van der Waals surface area (Å²) in [5.41, 5.74) is 0.624. The van der Waals surface area contributed by atoms with Crippen LogP contribution in [0, 0.1) is 6.92 Å². The Morgan fingerprint density at radius 1 is 1.24 bits per heavy atom. The number of para-hydroxylation sites is 1. The summed E-state index contributed by atoms with van der Waals surface area (Å²) >= 11 is 1.22. The number of imide groups is 1. The van der Waals surface area contributed by atoms with Crippen molar-refractivity contribution in [2.24, 2.45) is 7.05 Å². The summed E-state index contributed by atoms with van der Waals surface area (Å²) in [6.45, 7) is 1.82. The lowest BCUT2D eigenvalue weighted by molar-refractivity contribution is -0.117. The summed E-state index contributed by atoms with van der Waals surface area (Å²) in [7, 11) is 1.82. The molecule has 0 unspecified atom stereocenters. The van der Waals surface area contributed by atoms with E-state index >= 15 is 0 Å². The Kier molecular flexibility index (Phi) is 4.94. The Morgan fingerprint density at radius 3 is 2.57 bits per heavy atom. The Hall–Kier alpha value is -2.35. The molecule has 3 amide bonds. The van der Waals surface area contributed by atoms with Gasteiger partial charge in [0.25, 0.3) is 0 Å². The van der Waals surface area contributed by atoms with Crippen LogP contribution in [0.15, 0.2) is 35.5 Å². The van der Waals surface area contributed by atoms with Crippen LogP contribution in [0.1, 0.15) is 5.82 Å². The van der Waals surface area contributed by atoms with Crippen LogP contribution in [-0.4, -0.2) is 32.5 Å². The number of rotatable bonds is 4. The summed E-state index contributed by atoms with van der Waals surface area (Å²) in [6.07, 6.45) is 0. The molecule has 2 aromatic rings. The van der Waals surface area contributed by atoms with E-state index in [9.17, 15) is 9.59 Å². The molecule has 2 N–H and O–H groups in total. The number of amides is 3. The molecule has 0 saturated carbocycles. The van der Waals surface area contributed by atoms with Gasteiger partial charge in [0, 0.05) is 12.7 Å². The third-order valence-electron chi connectivity index (χ3n) is 2.67. The van der Waals surface area contributed by atoms with Crippen molar-refractivity contribution in [3.05, 3.63) is 36.2 Å². The van der Waals surface area contributed by atoms with Crippen LogP contribution in [-0.2, 0) is 11.8 Å². The second kappa shape index (κ2) is 6.89. The second-order valence-electron chi connectivity index (χ2n) is 4.25. The number of hydrogen-bond donors (Lipinski definition) is 2. The molecule has 0 aliphatic carbocycles. The number of urea groups is 1. The van der Waals surface area contributed by atoms with E-state index < -0.39 is 11.9 Å². The quantitative estimate of drug-likeness (QED) is 0.837. The van der Waals surface area contributed by atoms with Gasteiger partial charge in [-0.3, -0.25) is 10.1 Å². The van der Waals surface area contributed by atoms with Gasteiger partial charge in [0.1, 0.15) is 5.82 Å². The van der Waals surface area contributed by atoms with Crippen LogP contribution >= 0.6 is 11.8 Å². The number of thioether (sulfide) groups is 1. The third-order valence-corrected chi connectivity index (χ3v) is 3.69. The van der Waals surface area contributed by atoms with Crippen molar-refractivity contribution in [2.75, 3.05) is 11.1 Å². The van der Waals surface area contributed by atoms with E-state index in [1.54, 1.807) is 28.8 Å². The summed E-state index contributed by atoms with van der Waals surface area (Å²) in [4.78, 5) is 23.3. The van der Waals surface area contributed by atoms with Crippen molar-refractivity contribution in [2.45, 2.75) is 12.1 Å². The van der Waals surface area contributed by atoms with Crippen LogP contribution in [0.4, 0.5) is 10.5 Å². The lowest BCUT2D eigenvalue weighted by Gasteiger charge is -2.06. The van der Waals surface area contributed by atoms with Gasteiger partial charge < -0.3 is 9.88 Å². The summed E-state index contributed by atoms with van der Waals surface area (Å²) in [6, 6.07) is 8.35. The van der Waals surface area contributed by atoms with E-state index in [-0.39, 0.29) is 5.75 Å². The highest BCUT2D eigenvalue weighted by Crippen LogP contribution is 2.14. The standard InChI is InChI=1S/C13H15N5O2S/c1-9-16-17-13(18(9)2)21-8-11(19)15-12(20)14-10-6-4-3-5-7-10/h3-7H,8H2,1-2H3,(H2,14,15,19,20). The third kappa shape index (κ3) is 4.32. The first kappa shape index (κ1) is 15.0. The highest BCUT2D eigenvalue weighted by atomic mass is 32.2. The summed E-state index contributed by atoms with van der Waals surface area (Å²) < 4.78 is 1.78. The van der Waals surface area contributed by atoms with E-state index in [4.69, 9.17) is 0 Å². The number of nitrogens with zero attached hydrogens (tertiary/aromatic N) is 3. The molecule has 0 fully saturated rings. The van der Waals surface area contributed by atoms with Crippen LogP contribution in [0.25, 0.3) is 0 Å². The van der Waals surface area contributed by atoms with Gasteiger partial charge in [0.15, 0.2) is 5.16 Å². The van der Waals surface area contributed by atoms with Gasteiger partial charge in [-0.2, -0.15) is 0 Å². The number of aryl methyl sites for hydroxylation is 1. The molecule has 8 heteroatoms. The Labute approximate surface area is 126 Å². The molecule has 1 heterocycles. The molecule has 21 heavy (non-hydrogen) atoms. The van der Waals surface area contributed by atoms with E-state index in [0.29, 0.717) is 10.8 Å². The Bertz CT molecular complexity index is 641. The topological polar surface area (TPSA) is 88.9 Å². The number of nitrogens with one attached hydrogen (secondary N) is 2. The van der Waals surface area contributed by atoms with Crippen LogP contribution in [0.3, 0.4) is 0 Å². The zero-order valence-electron chi connectivity index (χ0n) is 11.7. The number of hydrogen-bond acceptors (Lipinski definition) is 5. The molecule has 0 saturated heterocycles. The molecule has 0 radical (unpaired) electrons. The molecule has 0 aliphatic heterocycles. The van der Waals surface area contributed by atoms with Crippen molar-refractivity contribution < 1.29 is 9.59 Å². The highest BCUT2D eigenvalue weighted by Gasteiger charge is 2.11. The normalized spacial score (nSPS) is 10.2. The highest BCUT2D eigenvalue weighted by molar-refractivity contribution is 7.99. The number of carbonyl (C=O) groups excluding carboxylic acids is 2. The molecule has 0 bridgehead atoms. The van der Waals surface area contributed by atoms with Gasteiger partial charge in [-0.1, -0.05) is 30.0 Å². The SMILES string of the molecule is Cc1nnc(SCC(=O)NC(=O)Nc2ccccc2)n1C. The minimum atomic E-state index is -0.555. The number of aromatic nitrogens is 3. The molecule has 110 valence electrons. The van der Waals surface area contributed by atoms with E-state index in [1.165, 1.54) is 11.8 Å². The fourth-order valence-corrected chi connectivity index (χ4v) is 2.25. The van der Waals surface area contributed by atoms with Gasteiger partial charge in [-0.05, 0) is 19.1 Å². The maximum atomic E-state index is 11.7. The largest absolute Gasteiger partial charge is 0.325 e. The smallest absolute Gasteiger partial charge is 0.309 e. The van der Waals surface area contributed by atoms with Crippen molar-refractivity contribution in [1.29, 1.82) is 0 Å². The van der Waals surface area contributed by atoms with E-state index in [1.807, 2.05) is 20.0 Å². The molecule has 1 aromatic carbocycles. The van der Waals surface area contributed by atoms with Gasteiger partial charge >= 0.3 is 6.03 Å². The molecule has 2 rings (SSSR count). The minimum absolute atomic E-state index is 0.0915. The number of benzene rings is 1. The lowest BCUT2D eigenvalue weighted by Crippen LogP contribution is -2.35. The van der Waals surface area contributed by atoms with Crippen LogP contribution in [0.2, 0.25) is 0 Å². The van der Waals surface area contributed by atoms with Crippen molar-refractivity contribution >= 4 is 29.4 Å². The maximum absolute atomic E-state index is 11.7. The predicted molar refractivity (Wildman–Crippen MR) is 80.1 cm³/mol. The molecular weight excluding hydrogens is 290 g/mol. The fourth-order valence-electron chi connectivity index (χ4n) is 1.49. The van der Waals surface area contributed by atoms with Crippen molar-refractivity contribution in [3.8, 4) is 0 Å². The van der Waals surface area contributed by atoms with Gasteiger partial charge in [-0.15, -0.1) is 10.2 Å². The summed E-state index contributed by atoms with van der Waals surface area (Å²) in [5.74, 6) is 0.461. The van der Waals surface area contributed by atoms with Gasteiger partial charge in [-0.25, -0.2) is 4.79 Å². The van der Waals surface area contributed by atoms with Crippen LogP contribution in [0.5, 0.6) is 0 Å². The maximum Gasteiger partial charge on any atom is 0.325 e. The number of anilines is 1. The monoisotopic (exact) mass is 305 g/mol. The molecule has 0 spiro atoms. The van der Waals surface area contributed by atoms with Crippen LogP contribution < -0.4 is 10.6 Å². The van der Waals surface area contributed by atoms with Gasteiger partial charge in [0.2, 0.25) is 5.91 Å². The first-order valence-corrected chi connectivity index (χ1v) is 7.19. The molecular formula is C13H15N5O2S. The zero-order chi connectivity index (χ0) is 15.2. The molecule has 1 aromatic heterocycles. The predicted octanol–water partition coefficient (Wildman–Crippen LogP) is 1.56. The van der Waals surface area contributed by atoms with Crippen molar-refractivity contribution in [3.63, 3.8) is 0 Å². The fraction of sp³-hybridized carbons (Fsp3) is 0.231. The minimum Gasteiger partial charge on any atom is -0.309 e. The Morgan fingerprint density at radius 2 is 1.95 bits per heavy atom. The summed E-state index contributed by atoms with van der Waals surface area (Å²) in [5, 5.41) is 13.3. The second-order valence-corrected chi connectivity index (χ2v) is 5.19. The number of carbonyl (C=O) groups is 2. The average molecular weight is 305 g/mol. The molecule has 0 atom stereocenters. The lowest BCUT2D eigenvalue weighted by atomic mass is 10.3.